The number of rotatable bonds is 2. The Labute approximate surface area is 84.4 Å². The maximum absolute atomic E-state index is 10.7. The highest BCUT2D eigenvalue weighted by atomic mass is 16.4. The monoisotopic (exact) mass is 205 g/mol. The number of para-hydroxylation sites is 1. The summed E-state index contributed by atoms with van der Waals surface area (Å²) >= 11 is 0. The van der Waals surface area contributed by atoms with Crippen LogP contribution < -0.4 is 0 Å². The van der Waals surface area contributed by atoms with Gasteiger partial charge in [0.15, 0.2) is 5.75 Å². The van der Waals surface area contributed by atoms with Crippen molar-refractivity contribution < 1.29 is 15.0 Å². The molecule has 76 valence electrons. The van der Waals surface area contributed by atoms with E-state index in [2.05, 4.69) is 10.3 Å². The third kappa shape index (κ3) is 1.52. The Morgan fingerprint density at radius 2 is 2.20 bits per heavy atom. The fourth-order valence-electron chi connectivity index (χ4n) is 1.23. The van der Waals surface area contributed by atoms with Gasteiger partial charge in [-0.25, -0.2) is 9.48 Å². The molecule has 0 spiro atoms. The molecule has 0 unspecified atom stereocenters. The van der Waals surface area contributed by atoms with Crippen molar-refractivity contribution in [2.45, 2.75) is 0 Å². The van der Waals surface area contributed by atoms with Crippen molar-refractivity contribution in [2.24, 2.45) is 0 Å². The van der Waals surface area contributed by atoms with E-state index in [1.807, 2.05) is 0 Å². The van der Waals surface area contributed by atoms with Gasteiger partial charge in [-0.1, -0.05) is 11.3 Å². The third-order valence-corrected chi connectivity index (χ3v) is 1.91. The standard InChI is InChI=1S/C9H7N3O3/c13-8-6(9(14)15)2-1-3-7(8)12-5-4-10-11-12/h1-5,13H,(H,14,15). The molecule has 0 radical (unpaired) electrons. The molecule has 0 saturated carbocycles. The summed E-state index contributed by atoms with van der Waals surface area (Å²) in [7, 11) is 0. The van der Waals surface area contributed by atoms with Gasteiger partial charge >= 0.3 is 5.97 Å². The van der Waals surface area contributed by atoms with E-state index < -0.39 is 5.97 Å². The highest BCUT2D eigenvalue weighted by Crippen LogP contribution is 2.24. The largest absolute Gasteiger partial charge is 0.505 e. The minimum absolute atomic E-state index is 0.164. The fraction of sp³-hybridized carbons (Fsp3) is 0. The Bertz CT molecular complexity index is 493. The number of aromatic nitrogens is 3. The molecule has 0 atom stereocenters. The van der Waals surface area contributed by atoms with Crippen LogP contribution in [0, 0.1) is 0 Å². The van der Waals surface area contributed by atoms with Crippen LogP contribution in [-0.2, 0) is 0 Å². The number of nitrogens with zero attached hydrogens (tertiary/aromatic N) is 3. The number of carboxylic acid groups (broad SMARTS) is 1. The zero-order valence-electron chi connectivity index (χ0n) is 7.53. The molecule has 1 aromatic carbocycles. The van der Waals surface area contributed by atoms with E-state index in [0.29, 0.717) is 0 Å². The molecule has 0 amide bonds. The molecule has 15 heavy (non-hydrogen) atoms. The maximum Gasteiger partial charge on any atom is 0.339 e. The number of carboxylic acids is 1. The van der Waals surface area contributed by atoms with Crippen molar-refractivity contribution in [1.29, 1.82) is 0 Å². The van der Waals surface area contributed by atoms with Crippen molar-refractivity contribution in [1.82, 2.24) is 15.0 Å². The Morgan fingerprint density at radius 1 is 1.40 bits per heavy atom. The third-order valence-electron chi connectivity index (χ3n) is 1.91. The predicted octanol–water partition coefficient (Wildman–Crippen LogP) is 0.671. The van der Waals surface area contributed by atoms with E-state index in [4.69, 9.17) is 5.11 Å². The van der Waals surface area contributed by atoms with Crippen molar-refractivity contribution in [3.05, 3.63) is 36.2 Å². The van der Waals surface area contributed by atoms with E-state index in [0.717, 1.165) is 0 Å². The van der Waals surface area contributed by atoms with Gasteiger partial charge in [0.05, 0.1) is 12.4 Å². The smallest absolute Gasteiger partial charge is 0.339 e. The van der Waals surface area contributed by atoms with E-state index in [-0.39, 0.29) is 17.0 Å². The lowest BCUT2D eigenvalue weighted by molar-refractivity contribution is 0.0693. The van der Waals surface area contributed by atoms with Crippen LogP contribution in [0.3, 0.4) is 0 Å². The van der Waals surface area contributed by atoms with Gasteiger partial charge in [0.1, 0.15) is 11.3 Å². The highest BCUT2D eigenvalue weighted by molar-refractivity contribution is 5.92. The lowest BCUT2D eigenvalue weighted by atomic mass is 10.2. The number of benzene rings is 1. The van der Waals surface area contributed by atoms with Gasteiger partial charge < -0.3 is 10.2 Å². The number of hydrogen-bond donors (Lipinski definition) is 2. The second-order valence-electron chi connectivity index (χ2n) is 2.83. The van der Waals surface area contributed by atoms with Gasteiger partial charge in [0.2, 0.25) is 0 Å². The molecular weight excluding hydrogens is 198 g/mol. The predicted molar refractivity (Wildman–Crippen MR) is 50.0 cm³/mol. The van der Waals surface area contributed by atoms with Gasteiger partial charge in [-0.3, -0.25) is 0 Å². The Kier molecular flexibility index (Phi) is 2.09. The average molecular weight is 205 g/mol. The Balaban J connectivity index is 2.59. The first-order valence-corrected chi connectivity index (χ1v) is 4.12. The van der Waals surface area contributed by atoms with Crippen molar-refractivity contribution in [3.8, 4) is 11.4 Å². The highest BCUT2D eigenvalue weighted by Gasteiger charge is 2.14. The zero-order valence-corrected chi connectivity index (χ0v) is 7.53. The SMILES string of the molecule is O=C(O)c1cccc(-n2ccnn2)c1O. The van der Waals surface area contributed by atoms with Crippen LogP contribution in [0.15, 0.2) is 30.6 Å². The molecule has 0 saturated heterocycles. The van der Waals surface area contributed by atoms with Crippen LogP contribution in [0.5, 0.6) is 5.75 Å². The molecule has 0 aliphatic heterocycles. The molecule has 6 heteroatoms. The van der Waals surface area contributed by atoms with Crippen molar-refractivity contribution in [3.63, 3.8) is 0 Å². The molecule has 1 heterocycles. The van der Waals surface area contributed by atoms with Gasteiger partial charge in [-0.15, -0.1) is 5.10 Å². The van der Waals surface area contributed by atoms with E-state index in [1.165, 1.54) is 29.2 Å². The molecule has 0 fully saturated rings. The topological polar surface area (TPSA) is 88.2 Å². The normalized spacial score (nSPS) is 10.1. The summed E-state index contributed by atoms with van der Waals surface area (Å²) in [5.74, 6) is -1.51. The van der Waals surface area contributed by atoms with Crippen molar-refractivity contribution >= 4 is 5.97 Å². The van der Waals surface area contributed by atoms with E-state index >= 15 is 0 Å². The van der Waals surface area contributed by atoms with Gasteiger partial charge in [0, 0.05) is 0 Å². The lowest BCUT2D eigenvalue weighted by Crippen LogP contribution is -2.01. The van der Waals surface area contributed by atoms with E-state index in [9.17, 15) is 9.90 Å². The summed E-state index contributed by atoms with van der Waals surface area (Å²) in [6.07, 6.45) is 2.95. The molecule has 2 aromatic rings. The van der Waals surface area contributed by atoms with Crippen LogP contribution in [0.4, 0.5) is 0 Å². The second-order valence-corrected chi connectivity index (χ2v) is 2.83. The minimum Gasteiger partial charge on any atom is -0.505 e. The molecule has 2 N–H and O–H groups in total. The maximum atomic E-state index is 10.7. The zero-order chi connectivity index (χ0) is 10.8. The number of aromatic hydroxyl groups is 1. The molecular formula is C9H7N3O3. The second kappa shape index (κ2) is 3.41. The first-order chi connectivity index (χ1) is 7.20. The first-order valence-electron chi connectivity index (χ1n) is 4.12. The summed E-state index contributed by atoms with van der Waals surface area (Å²) in [6, 6.07) is 4.40. The minimum atomic E-state index is -1.19. The molecule has 0 aliphatic rings. The number of carbonyl (C=O) groups is 1. The number of aromatic carboxylic acids is 1. The first kappa shape index (κ1) is 9.20. The van der Waals surface area contributed by atoms with Crippen molar-refractivity contribution in [2.75, 3.05) is 0 Å². The summed E-state index contributed by atoms with van der Waals surface area (Å²) in [5.41, 5.74) is 0.121. The summed E-state index contributed by atoms with van der Waals surface area (Å²) in [5, 5.41) is 25.7. The van der Waals surface area contributed by atoms with Crippen LogP contribution in [0.25, 0.3) is 5.69 Å². The molecule has 6 nitrogen and oxygen atoms in total. The molecule has 0 bridgehead atoms. The lowest BCUT2D eigenvalue weighted by Gasteiger charge is -2.05. The van der Waals surface area contributed by atoms with Gasteiger partial charge in [-0.2, -0.15) is 0 Å². The summed E-state index contributed by atoms with van der Waals surface area (Å²) in [6.45, 7) is 0. The van der Waals surface area contributed by atoms with Gasteiger partial charge in [0.25, 0.3) is 0 Å². The summed E-state index contributed by atoms with van der Waals surface area (Å²) < 4.78 is 1.29. The number of phenols is 1. The van der Waals surface area contributed by atoms with Crippen LogP contribution in [0.1, 0.15) is 10.4 Å². The average Bonchev–Trinajstić information content (AvgIpc) is 2.70. The van der Waals surface area contributed by atoms with Crippen LogP contribution >= 0.6 is 0 Å². The van der Waals surface area contributed by atoms with Crippen LogP contribution in [0.2, 0.25) is 0 Å². The van der Waals surface area contributed by atoms with Gasteiger partial charge in [-0.05, 0) is 12.1 Å². The molecule has 1 aromatic heterocycles. The van der Waals surface area contributed by atoms with E-state index in [1.54, 1.807) is 6.07 Å². The fourth-order valence-corrected chi connectivity index (χ4v) is 1.23. The number of hydrogen-bond acceptors (Lipinski definition) is 4. The summed E-state index contributed by atoms with van der Waals surface area (Å²) in [4.78, 5) is 10.7. The Hall–Kier alpha value is -2.37. The Morgan fingerprint density at radius 3 is 2.80 bits per heavy atom. The molecule has 0 aliphatic carbocycles. The van der Waals surface area contributed by atoms with Crippen LogP contribution in [-0.4, -0.2) is 31.2 Å². The quantitative estimate of drug-likeness (QED) is 0.752. The molecule has 2 rings (SSSR count).